The first kappa shape index (κ1) is 20.7. The summed E-state index contributed by atoms with van der Waals surface area (Å²) in [6.45, 7) is 6.54. The molecule has 1 aromatic heterocycles. The van der Waals surface area contributed by atoms with Crippen LogP contribution in [-0.2, 0) is 4.79 Å². The van der Waals surface area contributed by atoms with Crippen molar-refractivity contribution in [2.24, 2.45) is 11.8 Å². The van der Waals surface area contributed by atoms with Crippen molar-refractivity contribution < 1.29 is 9.53 Å². The van der Waals surface area contributed by atoms with Crippen molar-refractivity contribution in [2.45, 2.75) is 25.3 Å². The van der Waals surface area contributed by atoms with Crippen molar-refractivity contribution in [3.63, 3.8) is 0 Å². The Balaban J connectivity index is 1.60. The number of carbonyl (C=O) groups excluding carboxylic acids is 1. The molecule has 0 aliphatic carbocycles. The molecule has 0 radical (unpaired) electrons. The third-order valence-electron chi connectivity index (χ3n) is 4.61. The molecule has 6 nitrogen and oxygen atoms in total. The molecule has 1 aliphatic rings. The second kappa shape index (κ2) is 9.47. The first-order chi connectivity index (χ1) is 13.4. The summed E-state index contributed by atoms with van der Waals surface area (Å²) < 4.78 is 5.26. The number of carbonyl (C=O) groups is 1. The predicted octanol–water partition coefficient (Wildman–Crippen LogP) is 4.35. The summed E-state index contributed by atoms with van der Waals surface area (Å²) in [4.78, 5) is 23.4. The van der Waals surface area contributed by atoms with Gasteiger partial charge < -0.3 is 15.0 Å². The molecule has 0 bridgehead atoms. The third kappa shape index (κ3) is 5.52. The lowest BCUT2D eigenvalue weighted by Gasteiger charge is -2.35. The van der Waals surface area contributed by atoms with E-state index in [1.54, 1.807) is 31.6 Å². The topological polar surface area (TPSA) is 67.3 Å². The number of piperidine rings is 1. The fraction of sp³-hybridized carbons (Fsp3) is 0.450. The number of rotatable bonds is 6. The molecule has 1 saturated heterocycles. The molecule has 8 heteroatoms. The molecule has 0 unspecified atom stereocenters. The van der Waals surface area contributed by atoms with Crippen LogP contribution in [0.4, 0.5) is 11.5 Å². The summed E-state index contributed by atoms with van der Waals surface area (Å²) in [7, 11) is 1.55. The van der Waals surface area contributed by atoms with Gasteiger partial charge in [-0.05, 0) is 36.5 Å². The van der Waals surface area contributed by atoms with Crippen molar-refractivity contribution in [1.82, 2.24) is 9.97 Å². The minimum atomic E-state index is -0.147. The maximum atomic E-state index is 12.4. The Morgan fingerprint density at radius 2 is 2.04 bits per heavy atom. The van der Waals surface area contributed by atoms with Crippen LogP contribution >= 0.6 is 23.4 Å². The number of anilines is 2. The molecule has 2 aromatic rings. The Morgan fingerprint density at radius 1 is 1.29 bits per heavy atom. The highest BCUT2D eigenvalue weighted by atomic mass is 35.5. The Morgan fingerprint density at radius 3 is 2.75 bits per heavy atom. The van der Waals surface area contributed by atoms with Crippen LogP contribution in [-0.4, -0.2) is 41.8 Å². The van der Waals surface area contributed by atoms with Gasteiger partial charge in [0.1, 0.15) is 22.9 Å². The Labute approximate surface area is 175 Å². The monoisotopic (exact) mass is 420 g/mol. The van der Waals surface area contributed by atoms with E-state index in [9.17, 15) is 4.79 Å². The smallest absolute Gasteiger partial charge is 0.234 e. The number of thioether (sulfide) groups is 1. The number of halogens is 1. The van der Waals surface area contributed by atoms with Crippen LogP contribution in [0.5, 0.6) is 5.75 Å². The molecule has 28 heavy (non-hydrogen) atoms. The lowest BCUT2D eigenvalue weighted by atomic mass is 9.92. The molecule has 2 atom stereocenters. The number of ether oxygens (including phenoxy) is 1. The SMILES string of the molecule is COc1ccc(Cl)cc1NC(=O)CSc1cc(N2C[C@@H](C)C[C@H](C)C2)ncn1. The van der Waals surface area contributed by atoms with Gasteiger partial charge in [-0.2, -0.15) is 0 Å². The maximum Gasteiger partial charge on any atom is 0.234 e. The first-order valence-corrected chi connectivity index (χ1v) is 10.6. The zero-order valence-electron chi connectivity index (χ0n) is 16.3. The number of aromatic nitrogens is 2. The second-order valence-corrected chi connectivity index (χ2v) is 8.68. The van der Waals surface area contributed by atoms with Crippen molar-refractivity contribution >= 4 is 40.8 Å². The van der Waals surface area contributed by atoms with Crippen LogP contribution in [0.3, 0.4) is 0 Å². The van der Waals surface area contributed by atoms with Crippen molar-refractivity contribution in [2.75, 3.05) is 36.2 Å². The van der Waals surface area contributed by atoms with Crippen LogP contribution in [0.15, 0.2) is 35.6 Å². The van der Waals surface area contributed by atoms with Gasteiger partial charge in [-0.1, -0.05) is 37.2 Å². The molecule has 1 amide bonds. The van der Waals surface area contributed by atoms with Crippen LogP contribution in [0.25, 0.3) is 0 Å². The molecule has 0 saturated carbocycles. The largest absolute Gasteiger partial charge is 0.495 e. The summed E-state index contributed by atoms with van der Waals surface area (Å²) in [6, 6.07) is 7.07. The van der Waals surface area contributed by atoms with Gasteiger partial charge in [0.25, 0.3) is 0 Å². The average Bonchev–Trinajstić information content (AvgIpc) is 2.66. The van der Waals surface area contributed by atoms with E-state index in [-0.39, 0.29) is 11.7 Å². The number of nitrogens with zero attached hydrogens (tertiary/aromatic N) is 3. The van der Waals surface area contributed by atoms with E-state index in [0.717, 1.165) is 23.9 Å². The molecular weight excluding hydrogens is 396 g/mol. The van der Waals surface area contributed by atoms with Crippen molar-refractivity contribution in [3.8, 4) is 5.75 Å². The van der Waals surface area contributed by atoms with Gasteiger partial charge in [0.05, 0.1) is 18.6 Å². The third-order valence-corrected chi connectivity index (χ3v) is 5.77. The quantitative estimate of drug-likeness (QED) is 0.553. The van der Waals surface area contributed by atoms with E-state index in [2.05, 4.69) is 34.0 Å². The van der Waals surface area contributed by atoms with Crippen LogP contribution < -0.4 is 15.0 Å². The van der Waals surface area contributed by atoms with E-state index in [1.165, 1.54) is 18.2 Å². The Bertz CT molecular complexity index is 826. The second-order valence-electron chi connectivity index (χ2n) is 7.25. The van der Waals surface area contributed by atoms with Crippen molar-refractivity contribution in [1.29, 1.82) is 0 Å². The van der Waals surface area contributed by atoms with Crippen LogP contribution in [0, 0.1) is 11.8 Å². The molecular formula is C20H25ClN4O2S. The normalized spacial score (nSPS) is 19.4. The molecule has 0 spiro atoms. The zero-order chi connectivity index (χ0) is 20.1. The lowest BCUT2D eigenvalue weighted by molar-refractivity contribution is -0.113. The van der Waals surface area contributed by atoms with E-state index < -0.39 is 0 Å². The van der Waals surface area contributed by atoms with E-state index >= 15 is 0 Å². The Kier molecular flexibility index (Phi) is 7.02. The summed E-state index contributed by atoms with van der Waals surface area (Å²) >= 11 is 7.39. The average molecular weight is 421 g/mol. The van der Waals surface area contributed by atoms with Gasteiger partial charge in [0.15, 0.2) is 0 Å². The highest BCUT2D eigenvalue weighted by Crippen LogP contribution is 2.29. The highest BCUT2D eigenvalue weighted by molar-refractivity contribution is 7.99. The minimum Gasteiger partial charge on any atom is -0.495 e. The standard InChI is InChI=1S/C20H25ClN4O2S/c1-13-6-14(2)10-25(9-13)18-8-20(23-12-22-18)28-11-19(26)24-16-7-15(21)4-5-17(16)27-3/h4-5,7-8,12-14H,6,9-11H2,1-3H3,(H,24,26)/t13-,14-/m0/s1. The Hall–Kier alpha value is -1.99. The van der Waals surface area contributed by atoms with Gasteiger partial charge in [0.2, 0.25) is 5.91 Å². The van der Waals surface area contributed by atoms with Gasteiger partial charge in [-0.3, -0.25) is 4.79 Å². The van der Waals surface area contributed by atoms with E-state index in [4.69, 9.17) is 16.3 Å². The minimum absolute atomic E-state index is 0.147. The number of nitrogens with one attached hydrogen (secondary N) is 1. The van der Waals surface area contributed by atoms with Crippen LogP contribution in [0.2, 0.25) is 5.02 Å². The van der Waals surface area contributed by atoms with E-state index in [0.29, 0.717) is 28.3 Å². The number of benzene rings is 1. The molecule has 1 fully saturated rings. The highest BCUT2D eigenvalue weighted by Gasteiger charge is 2.23. The number of methoxy groups -OCH3 is 1. The van der Waals surface area contributed by atoms with Gasteiger partial charge in [-0.15, -0.1) is 0 Å². The lowest BCUT2D eigenvalue weighted by Crippen LogP contribution is -2.39. The number of amides is 1. The van der Waals surface area contributed by atoms with Crippen LogP contribution in [0.1, 0.15) is 20.3 Å². The predicted molar refractivity (Wildman–Crippen MR) is 115 cm³/mol. The summed E-state index contributed by atoms with van der Waals surface area (Å²) in [6.07, 6.45) is 2.82. The number of hydrogen-bond donors (Lipinski definition) is 1. The first-order valence-electron chi connectivity index (χ1n) is 9.27. The van der Waals surface area contributed by atoms with Crippen molar-refractivity contribution in [3.05, 3.63) is 35.6 Å². The molecule has 150 valence electrons. The van der Waals surface area contributed by atoms with Gasteiger partial charge in [0, 0.05) is 24.2 Å². The fourth-order valence-electron chi connectivity index (χ4n) is 3.54. The molecule has 1 N–H and O–H groups in total. The maximum absolute atomic E-state index is 12.4. The molecule has 1 aromatic carbocycles. The summed E-state index contributed by atoms with van der Waals surface area (Å²) in [5.41, 5.74) is 0.556. The van der Waals surface area contributed by atoms with Gasteiger partial charge >= 0.3 is 0 Å². The fourth-order valence-corrected chi connectivity index (χ4v) is 4.37. The molecule has 2 heterocycles. The number of hydrogen-bond acceptors (Lipinski definition) is 6. The van der Waals surface area contributed by atoms with E-state index in [1.807, 2.05) is 6.07 Å². The molecule has 3 rings (SSSR count). The van der Waals surface area contributed by atoms with Gasteiger partial charge in [-0.25, -0.2) is 9.97 Å². The molecule has 1 aliphatic heterocycles. The summed E-state index contributed by atoms with van der Waals surface area (Å²) in [5.74, 6) is 2.87. The zero-order valence-corrected chi connectivity index (χ0v) is 17.9. The summed E-state index contributed by atoms with van der Waals surface area (Å²) in [5, 5.41) is 4.16.